The van der Waals surface area contributed by atoms with E-state index in [-0.39, 0.29) is 16.5 Å². The zero-order chi connectivity index (χ0) is 17.3. The summed E-state index contributed by atoms with van der Waals surface area (Å²) in [5.41, 5.74) is 1.48. The van der Waals surface area contributed by atoms with Crippen molar-refractivity contribution < 1.29 is 14.6 Å². The van der Waals surface area contributed by atoms with Crippen LogP contribution in [0.4, 0.5) is 0 Å². The van der Waals surface area contributed by atoms with Crippen LogP contribution in [0.5, 0.6) is 5.75 Å². The number of aryl methyl sites for hydroxylation is 1. The Morgan fingerprint density at radius 1 is 1.21 bits per heavy atom. The van der Waals surface area contributed by atoms with Crippen molar-refractivity contribution in [2.24, 2.45) is 0 Å². The van der Waals surface area contributed by atoms with Crippen LogP contribution in [0.2, 0.25) is 5.15 Å². The van der Waals surface area contributed by atoms with E-state index >= 15 is 0 Å². The summed E-state index contributed by atoms with van der Waals surface area (Å²) in [6.45, 7) is 1.68. The Labute approximate surface area is 142 Å². The molecule has 2 heterocycles. The highest BCUT2D eigenvalue weighted by Gasteiger charge is 2.26. The molecule has 0 unspecified atom stereocenters. The van der Waals surface area contributed by atoms with E-state index in [0.717, 1.165) is 0 Å². The number of rotatable bonds is 3. The summed E-state index contributed by atoms with van der Waals surface area (Å²) in [7, 11) is 1.29. The van der Waals surface area contributed by atoms with E-state index in [1.807, 2.05) is 0 Å². The number of aromatic hydroxyl groups is 1. The van der Waals surface area contributed by atoms with Crippen LogP contribution in [0.15, 0.2) is 36.4 Å². The molecule has 24 heavy (non-hydrogen) atoms. The first kappa shape index (κ1) is 15.9. The Morgan fingerprint density at radius 3 is 2.58 bits per heavy atom. The zero-order valence-electron chi connectivity index (χ0n) is 12.9. The SMILES string of the molecule is COC(=O)c1c(C)nn(-c2ccc(Cl)nn2)c1-c1ccccc1O. The molecule has 0 aliphatic heterocycles. The number of para-hydroxylation sites is 1. The molecule has 1 aromatic carbocycles. The van der Waals surface area contributed by atoms with Crippen molar-refractivity contribution in [1.82, 2.24) is 20.0 Å². The first-order chi connectivity index (χ1) is 11.5. The minimum absolute atomic E-state index is 0.00530. The van der Waals surface area contributed by atoms with Crippen LogP contribution in [0.3, 0.4) is 0 Å². The van der Waals surface area contributed by atoms with E-state index in [0.29, 0.717) is 22.8 Å². The number of carbonyl (C=O) groups excluding carboxylic acids is 1. The van der Waals surface area contributed by atoms with Gasteiger partial charge in [-0.1, -0.05) is 23.7 Å². The maximum atomic E-state index is 12.2. The number of benzene rings is 1. The molecule has 0 saturated carbocycles. The molecule has 1 N–H and O–H groups in total. The molecule has 122 valence electrons. The molecule has 0 radical (unpaired) electrons. The molecular formula is C16H13ClN4O3. The average Bonchev–Trinajstić information content (AvgIpc) is 2.92. The van der Waals surface area contributed by atoms with Gasteiger partial charge in [0.1, 0.15) is 11.3 Å². The Bertz CT molecular complexity index is 906. The number of esters is 1. The highest BCUT2D eigenvalue weighted by molar-refractivity contribution is 6.29. The summed E-state index contributed by atoms with van der Waals surface area (Å²) in [6.07, 6.45) is 0. The minimum Gasteiger partial charge on any atom is -0.507 e. The molecule has 8 heteroatoms. The molecule has 0 saturated heterocycles. The van der Waals surface area contributed by atoms with Gasteiger partial charge in [0.25, 0.3) is 0 Å². The average molecular weight is 345 g/mol. The van der Waals surface area contributed by atoms with Crippen LogP contribution < -0.4 is 0 Å². The van der Waals surface area contributed by atoms with Gasteiger partial charge < -0.3 is 9.84 Å². The first-order valence-corrected chi connectivity index (χ1v) is 7.36. The van der Waals surface area contributed by atoms with Crippen LogP contribution in [0.1, 0.15) is 16.1 Å². The maximum absolute atomic E-state index is 12.2. The topological polar surface area (TPSA) is 90.1 Å². The number of ether oxygens (including phenoxy) is 1. The number of phenolic OH excluding ortho intramolecular Hbond substituents is 1. The lowest BCUT2D eigenvalue weighted by molar-refractivity contribution is 0.0601. The first-order valence-electron chi connectivity index (χ1n) is 6.99. The van der Waals surface area contributed by atoms with E-state index < -0.39 is 5.97 Å². The second-order valence-corrected chi connectivity index (χ2v) is 5.33. The molecule has 0 aliphatic carbocycles. The quantitative estimate of drug-likeness (QED) is 0.735. The van der Waals surface area contributed by atoms with Crippen LogP contribution in [0.25, 0.3) is 17.1 Å². The fourth-order valence-corrected chi connectivity index (χ4v) is 2.48. The summed E-state index contributed by atoms with van der Waals surface area (Å²) in [5, 5.41) is 22.6. The zero-order valence-corrected chi connectivity index (χ0v) is 13.7. The normalized spacial score (nSPS) is 10.6. The van der Waals surface area contributed by atoms with Gasteiger partial charge in [-0.25, -0.2) is 9.48 Å². The molecule has 3 rings (SSSR count). The summed E-state index contributed by atoms with van der Waals surface area (Å²) < 4.78 is 6.29. The Morgan fingerprint density at radius 2 is 1.96 bits per heavy atom. The third-order valence-corrected chi connectivity index (χ3v) is 3.65. The second-order valence-electron chi connectivity index (χ2n) is 4.94. The van der Waals surface area contributed by atoms with E-state index in [9.17, 15) is 9.90 Å². The van der Waals surface area contributed by atoms with Gasteiger partial charge in [0, 0.05) is 5.56 Å². The van der Waals surface area contributed by atoms with Gasteiger partial charge in [-0.3, -0.25) is 0 Å². The van der Waals surface area contributed by atoms with Crippen molar-refractivity contribution in [2.45, 2.75) is 6.92 Å². The summed E-state index contributed by atoms with van der Waals surface area (Å²) in [4.78, 5) is 12.2. The van der Waals surface area contributed by atoms with Gasteiger partial charge in [-0.2, -0.15) is 5.10 Å². The number of halogens is 1. The summed E-state index contributed by atoms with van der Waals surface area (Å²) in [6, 6.07) is 9.82. The molecule has 2 aromatic heterocycles. The minimum atomic E-state index is -0.557. The van der Waals surface area contributed by atoms with Gasteiger partial charge in [0.05, 0.1) is 18.5 Å². The molecule has 0 amide bonds. The van der Waals surface area contributed by atoms with Gasteiger partial charge >= 0.3 is 5.97 Å². The van der Waals surface area contributed by atoms with Crippen molar-refractivity contribution in [3.63, 3.8) is 0 Å². The van der Waals surface area contributed by atoms with Crippen molar-refractivity contribution >= 4 is 17.6 Å². The third-order valence-electron chi connectivity index (χ3n) is 3.44. The predicted molar refractivity (Wildman–Crippen MR) is 87.3 cm³/mol. The molecule has 0 aliphatic rings. The number of methoxy groups -OCH3 is 1. The number of phenols is 1. The van der Waals surface area contributed by atoms with E-state index in [4.69, 9.17) is 16.3 Å². The fraction of sp³-hybridized carbons (Fsp3) is 0.125. The van der Waals surface area contributed by atoms with Crippen molar-refractivity contribution in [3.05, 3.63) is 52.8 Å². The Kier molecular flexibility index (Phi) is 4.18. The molecule has 0 bridgehead atoms. The fourth-order valence-electron chi connectivity index (χ4n) is 2.38. The van der Waals surface area contributed by atoms with E-state index in [2.05, 4.69) is 15.3 Å². The second kappa shape index (κ2) is 6.29. The number of hydrogen-bond donors (Lipinski definition) is 1. The number of aromatic nitrogens is 4. The number of nitrogens with zero attached hydrogens (tertiary/aromatic N) is 4. The molecule has 0 atom stereocenters. The van der Waals surface area contributed by atoms with E-state index in [1.165, 1.54) is 17.9 Å². The van der Waals surface area contributed by atoms with Crippen molar-refractivity contribution in [1.29, 1.82) is 0 Å². The number of carbonyl (C=O) groups is 1. The Balaban J connectivity index is 2.33. The molecule has 0 spiro atoms. The highest BCUT2D eigenvalue weighted by Crippen LogP contribution is 2.34. The van der Waals surface area contributed by atoms with Crippen LogP contribution in [0, 0.1) is 6.92 Å². The lowest BCUT2D eigenvalue weighted by Gasteiger charge is -2.09. The predicted octanol–water partition coefficient (Wildman–Crippen LogP) is 2.78. The van der Waals surface area contributed by atoms with E-state index in [1.54, 1.807) is 37.3 Å². The lowest BCUT2D eigenvalue weighted by atomic mass is 10.0. The molecule has 7 nitrogen and oxygen atoms in total. The monoisotopic (exact) mass is 344 g/mol. The largest absolute Gasteiger partial charge is 0.507 e. The third kappa shape index (κ3) is 2.69. The van der Waals surface area contributed by atoms with Crippen molar-refractivity contribution in [3.8, 4) is 22.8 Å². The number of hydrogen-bond acceptors (Lipinski definition) is 6. The summed E-state index contributed by atoms with van der Waals surface area (Å²) >= 11 is 5.77. The van der Waals surface area contributed by atoms with Crippen LogP contribution in [-0.4, -0.2) is 38.2 Å². The molecule has 3 aromatic rings. The maximum Gasteiger partial charge on any atom is 0.342 e. The smallest absolute Gasteiger partial charge is 0.342 e. The molecule has 0 fully saturated rings. The highest BCUT2D eigenvalue weighted by atomic mass is 35.5. The lowest BCUT2D eigenvalue weighted by Crippen LogP contribution is -2.07. The summed E-state index contributed by atoms with van der Waals surface area (Å²) in [5.74, 6) is -0.194. The van der Waals surface area contributed by atoms with Gasteiger partial charge in [-0.05, 0) is 31.2 Å². The van der Waals surface area contributed by atoms with Crippen LogP contribution in [-0.2, 0) is 4.74 Å². The molecular weight excluding hydrogens is 332 g/mol. The van der Waals surface area contributed by atoms with Gasteiger partial charge in [0.2, 0.25) is 0 Å². The standard InChI is InChI=1S/C16H13ClN4O3/c1-9-14(16(23)24-2)15(10-5-3-4-6-11(10)22)21(20-9)13-8-7-12(17)18-19-13/h3-8,22H,1-2H3. The van der Waals surface area contributed by atoms with Crippen molar-refractivity contribution in [2.75, 3.05) is 7.11 Å². The Hall–Kier alpha value is -2.93. The van der Waals surface area contributed by atoms with Gasteiger partial charge in [0.15, 0.2) is 11.0 Å². The van der Waals surface area contributed by atoms with Gasteiger partial charge in [-0.15, -0.1) is 10.2 Å². The van der Waals surface area contributed by atoms with Crippen LogP contribution >= 0.6 is 11.6 Å².